The van der Waals surface area contributed by atoms with Gasteiger partial charge in [-0.3, -0.25) is 14.4 Å². The second-order valence-corrected chi connectivity index (χ2v) is 9.05. The molecule has 8 nitrogen and oxygen atoms in total. The average molecular weight is 470 g/mol. The number of ether oxygens (including phenoxy) is 2. The van der Waals surface area contributed by atoms with E-state index in [0.29, 0.717) is 31.1 Å². The zero-order valence-electron chi connectivity index (χ0n) is 20.6. The Morgan fingerprint density at radius 2 is 1.68 bits per heavy atom. The lowest BCUT2D eigenvalue weighted by Gasteiger charge is -2.21. The van der Waals surface area contributed by atoms with Gasteiger partial charge in [0.25, 0.3) is 11.8 Å². The summed E-state index contributed by atoms with van der Waals surface area (Å²) in [5.41, 5.74) is 0.191. The van der Waals surface area contributed by atoms with Gasteiger partial charge in [0.15, 0.2) is 11.5 Å². The van der Waals surface area contributed by atoms with Crippen LogP contribution in [0.1, 0.15) is 65.8 Å². The molecule has 1 aromatic carbocycles. The summed E-state index contributed by atoms with van der Waals surface area (Å²) in [6, 6.07) is 5.39. The van der Waals surface area contributed by atoms with E-state index in [-0.39, 0.29) is 29.5 Å². The summed E-state index contributed by atoms with van der Waals surface area (Å²) in [5, 5.41) is 2.81. The molecule has 0 unspecified atom stereocenters. The van der Waals surface area contributed by atoms with E-state index in [9.17, 15) is 14.4 Å². The van der Waals surface area contributed by atoms with E-state index in [4.69, 9.17) is 9.47 Å². The zero-order valence-corrected chi connectivity index (χ0v) is 20.6. The van der Waals surface area contributed by atoms with Crippen LogP contribution in [0.3, 0.4) is 0 Å². The molecule has 2 aromatic rings. The summed E-state index contributed by atoms with van der Waals surface area (Å²) in [6.07, 6.45) is 7.15. The van der Waals surface area contributed by atoms with Crippen LogP contribution in [0.2, 0.25) is 0 Å². The minimum atomic E-state index is -0.538. The van der Waals surface area contributed by atoms with Crippen LogP contribution in [-0.4, -0.2) is 48.6 Å². The fraction of sp³-hybridized carbons (Fsp3) is 0.500. The highest BCUT2D eigenvalue weighted by atomic mass is 16.5. The van der Waals surface area contributed by atoms with Crippen LogP contribution in [0, 0.1) is 5.92 Å². The number of hydrogen-bond acceptors (Lipinski definition) is 5. The van der Waals surface area contributed by atoms with Crippen molar-refractivity contribution >= 4 is 11.8 Å². The van der Waals surface area contributed by atoms with Gasteiger partial charge in [0.2, 0.25) is 5.43 Å². The molecule has 34 heavy (non-hydrogen) atoms. The molecule has 1 N–H and O–H groups in total. The number of carbonyl (C=O) groups excluding carboxylic acids is 2. The lowest BCUT2D eigenvalue weighted by atomic mass is 10.1. The summed E-state index contributed by atoms with van der Waals surface area (Å²) in [5.74, 6) is 0.526. The number of methoxy groups -OCH3 is 2. The van der Waals surface area contributed by atoms with Gasteiger partial charge in [-0.05, 0) is 24.8 Å². The van der Waals surface area contributed by atoms with Crippen molar-refractivity contribution in [3.05, 3.63) is 57.5 Å². The second-order valence-electron chi connectivity index (χ2n) is 9.05. The Bertz CT molecular complexity index is 1070. The number of hydrogen-bond donors (Lipinski definition) is 1. The minimum Gasteiger partial charge on any atom is -0.493 e. The number of rotatable bonds is 8. The van der Waals surface area contributed by atoms with Crippen molar-refractivity contribution in [2.75, 3.05) is 27.3 Å². The number of carbonyl (C=O) groups is 2. The Morgan fingerprint density at radius 1 is 1.00 bits per heavy atom. The first-order valence-electron chi connectivity index (χ1n) is 11.9. The second kappa shape index (κ2) is 11.7. The summed E-state index contributed by atoms with van der Waals surface area (Å²) < 4.78 is 12.5. The molecule has 1 fully saturated rings. The highest BCUT2D eigenvalue weighted by Crippen LogP contribution is 2.30. The van der Waals surface area contributed by atoms with Gasteiger partial charge in [-0.1, -0.05) is 38.8 Å². The van der Waals surface area contributed by atoms with Gasteiger partial charge in [0, 0.05) is 44.1 Å². The van der Waals surface area contributed by atoms with Crippen LogP contribution in [0.15, 0.2) is 35.4 Å². The number of para-hydroxylation sites is 1. The van der Waals surface area contributed by atoms with Gasteiger partial charge >= 0.3 is 0 Å². The molecule has 1 aliphatic rings. The Kier molecular flexibility index (Phi) is 8.73. The molecule has 1 saturated heterocycles. The van der Waals surface area contributed by atoms with E-state index in [1.807, 2.05) is 19.9 Å². The lowest BCUT2D eigenvalue weighted by molar-refractivity contribution is 0.0759. The SMILES string of the molecule is COc1cccc(CNC(=O)c2cn(CC(C)C)cc(C(=O)N3CCCCCC3)c2=O)c1OC. The van der Waals surface area contributed by atoms with E-state index in [2.05, 4.69) is 5.32 Å². The molecular formula is C26H35N3O5. The Labute approximate surface area is 200 Å². The van der Waals surface area contributed by atoms with Crippen LogP contribution >= 0.6 is 0 Å². The summed E-state index contributed by atoms with van der Waals surface area (Å²) >= 11 is 0. The third-order valence-electron chi connectivity index (χ3n) is 5.95. The molecule has 1 aliphatic heterocycles. The van der Waals surface area contributed by atoms with E-state index in [1.165, 1.54) is 7.11 Å². The molecule has 0 spiro atoms. The predicted octanol–water partition coefficient (Wildman–Crippen LogP) is 3.47. The topological polar surface area (TPSA) is 89.9 Å². The van der Waals surface area contributed by atoms with Crippen molar-refractivity contribution in [1.82, 2.24) is 14.8 Å². The molecule has 0 saturated carbocycles. The Hall–Kier alpha value is -3.29. The first kappa shape index (κ1) is 25.3. The van der Waals surface area contributed by atoms with E-state index in [0.717, 1.165) is 31.2 Å². The van der Waals surface area contributed by atoms with Gasteiger partial charge in [-0.25, -0.2) is 0 Å². The van der Waals surface area contributed by atoms with Gasteiger partial charge in [0.05, 0.1) is 14.2 Å². The maximum atomic E-state index is 13.3. The fourth-order valence-electron chi connectivity index (χ4n) is 4.28. The Morgan fingerprint density at radius 3 is 2.29 bits per heavy atom. The van der Waals surface area contributed by atoms with Crippen molar-refractivity contribution in [2.45, 2.75) is 52.6 Å². The number of nitrogens with one attached hydrogen (secondary N) is 1. The number of likely N-dealkylation sites (tertiary alicyclic amines) is 1. The molecule has 0 aliphatic carbocycles. The average Bonchev–Trinajstić information content (AvgIpc) is 3.12. The smallest absolute Gasteiger partial charge is 0.259 e. The van der Waals surface area contributed by atoms with Gasteiger partial charge < -0.3 is 24.3 Å². The molecule has 1 aromatic heterocycles. The normalized spacial score (nSPS) is 14.0. The summed E-state index contributed by atoms with van der Waals surface area (Å²) in [6.45, 7) is 6.09. The molecule has 0 bridgehead atoms. The lowest BCUT2D eigenvalue weighted by Crippen LogP contribution is -2.38. The number of amides is 2. The number of aromatic nitrogens is 1. The minimum absolute atomic E-state index is 0.0387. The van der Waals surface area contributed by atoms with Gasteiger partial charge in [-0.2, -0.15) is 0 Å². The quantitative estimate of drug-likeness (QED) is 0.639. The van der Waals surface area contributed by atoms with Crippen LogP contribution < -0.4 is 20.2 Å². The van der Waals surface area contributed by atoms with Crippen LogP contribution in [0.4, 0.5) is 0 Å². The molecule has 2 amide bonds. The third-order valence-corrected chi connectivity index (χ3v) is 5.95. The van der Waals surface area contributed by atoms with Crippen LogP contribution in [-0.2, 0) is 13.1 Å². The van der Waals surface area contributed by atoms with E-state index >= 15 is 0 Å². The largest absolute Gasteiger partial charge is 0.493 e. The van der Waals surface area contributed by atoms with Gasteiger partial charge in [0.1, 0.15) is 11.1 Å². The van der Waals surface area contributed by atoms with Gasteiger partial charge in [-0.15, -0.1) is 0 Å². The van der Waals surface area contributed by atoms with Crippen LogP contribution in [0.25, 0.3) is 0 Å². The molecule has 184 valence electrons. The van der Waals surface area contributed by atoms with Crippen molar-refractivity contribution < 1.29 is 19.1 Å². The number of pyridine rings is 1. The number of nitrogens with zero attached hydrogens (tertiary/aromatic N) is 2. The monoisotopic (exact) mass is 469 g/mol. The van der Waals surface area contributed by atoms with Crippen molar-refractivity contribution in [3.8, 4) is 11.5 Å². The summed E-state index contributed by atoms with van der Waals surface area (Å²) in [7, 11) is 3.08. The molecule has 0 atom stereocenters. The molecule has 2 heterocycles. The maximum absolute atomic E-state index is 13.3. The van der Waals surface area contributed by atoms with E-state index < -0.39 is 11.3 Å². The van der Waals surface area contributed by atoms with E-state index in [1.54, 1.807) is 41.1 Å². The summed E-state index contributed by atoms with van der Waals surface area (Å²) in [4.78, 5) is 41.4. The first-order valence-corrected chi connectivity index (χ1v) is 11.9. The standard InChI is InChI=1S/C26H35N3O5/c1-18(2)15-28-16-20(23(30)21(17-28)26(32)29-12-7-5-6-8-13-29)25(31)27-14-19-10-9-11-22(33-3)24(19)34-4/h9-11,16-18H,5-8,12-15H2,1-4H3,(H,27,31). The van der Waals surface area contributed by atoms with Crippen molar-refractivity contribution in [1.29, 1.82) is 0 Å². The highest BCUT2D eigenvalue weighted by Gasteiger charge is 2.24. The maximum Gasteiger partial charge on any atom is 0.259 e. The van der Waals surface area contributed by atoms with Crippen molar-refractivity contribution in [2.24, 2.45) is 5.92 Å². The predicted molar refractivity (Wildman–Crippen MR) is 131 cm³/mol. The fourth-order valence-corrected chi connectivity index (χ4v) is 4.28. The number of benzene rings is 1. The first-order chi connectivity index (χ1) is 16.3. The molecule has 8 heteroatoms. The molecule has 3 rings (SSSR count). The Balaban J connectivity index is 1.90. The van der Waals surface area contributed by atoms with Crippen LogP contribution in [0.5, 0.6) is 11.5 Å². The third kappa shape index (κ3) is 5.98. The molecule has 0 radical (unpaired) electrons. The molecular weight excluding hydrogens is 434 g/mol. The highest BCUT2D eigenvalue weighted by molar-refractivity contribution is 5.99. The zero-order chi connectivity index (χ0) is 24.7. The van der Waals surface area contributed by atoms with Crippen molar-refractivity contribution in [3.63, 3.8) is 0 Å².